The number of primary amides is 1. The summed E-state index contributed by atoms with van der Waals surface area (Å²) in [6.45, 7) is 10.9. The SMILES string of the molecule is CC1CN(C(=NC2CCCC(C)C2C)Nc2ccc(C(CC(N)=O)c3ccc(Cl)cc3Cl)cc2)CC(C)N1. The molecule has 6 unspecified atom stereocenters. The lowest BCUT2D eigenvalue weighted by Crippen LogP contribution is -2.57. The molecule has 6 nitrogen and oxygen atoms in total. The lowest BCUT2D eigenvalue weighted by Gasteiger charge is -2.39. The zero-order valence-electron chi connectivity index (χ0n) is 22.9. The van der Waals surface area contributed by atoms with E-state index in [4.69, 9.17) is 33.9 Å². The van der Waals surface area contributed by atoms with Gasteiger partial charge in [-0.05, 0) is 67.5 Å². The van der Waals surface area contributed by atoms with Crippen molar-refractivity contribution >= 4 is 40.8 Å². The first kappa shape index (κ1) is 28.7. The summed E-state index contributed by atoms with van der Waals surface area (Å²) in [5.41, 5.74) is 8.38. The summed E-state index contributed by atoms with van der Waals surface area (Å²) in [5.74, 6) is 1.55. The van der Waals surface area contributed by atoms with E-state index in [9.17, 15) is 4.79 Å². The van der Waals surface area contributed by atoms with Crippen molar-refractivity contribution < 1.29 is 4.79 Å². The minimum atomic E-state index is -0.379. The Balaban J connectivity index is 1.61. The molecular weight excluding hydrogens is 517 g/mol. The van der Waals surface area contributed by atoms with E-state index < -0.39 is 0 Å². The largest absolute Gasteiger partial charge is 0.370 e. The number of guanidine groups is 1. The van der Waals surface area contributed by atoms with E-state index in [1.807, 2.05) is 30.3 Å². The molecule has 1 aliphatic carbocycles. The second kappa shape index (κ2) is 12.7. The second-order valence-electron chi connectivity index (χ2n) is 11.3. The van der Waals surface area contributed by atoms with Crippen LogP contribution in [0.5, 0.6) is 0 Å². The lowest BCUT2D eigenvalue weighted by molar-refractivity contribution is -0.118. The van der Waals surface area contributed by atoms with Crippen LogP contribution >= 0.6 is 23.2 Å². The average molecular weight is 559 g/mol. The van der Waals surface area contributed by atoms with Gasteiger partial charge in [0, 0.05) is 53.2 Å². The smallest absolute Gasteiger partial charge is 0.218 e. The van der Waals surface area contributed by atoms with E-state index >= 15 is 0 Å². The molecule has 2 aromatic rings. The van der Waals surface area contributed by atoms with Crippen LogP contribution in [-0.2, 0) is 4.79 Å². The topological polar surface area (TPSA) is 82.8 Å². The Morgan fingerprint density at radius 2 is 1.76 bits per heavy atom. The summed E-state index contributed by atoms with van der Waals surface area (Å²) in [4.78, 5) is 19.6. The fourth-order valence-corrected chi connectivity index (χ4v) is 6.45. The Morgan fingerprint density at radius 3 is 2.39 bits per heavy atom. The van der Waals surface area contributed by atoms with Crippen LogP contribution in [0.15, 0.2) is 47.5 Å². The zero-order chi connectivity index (χ0) is 27.4. The van der Waals surface area contributed by atoms with Gasteiger partial charge < -0.3 is 21.3 Å². The van der Waals surface area contributed by atoms with E-state index in [0.717, 1.165) is 42.3 Å². The number of halogens is 2. The van der Waals surface area contributed by atoms with Crippen LogP contribution in [-0.4, -0.2) is 48.0 Å². The van der Waals surface area contributed by atoms with E-state index in [0.29, 0.717) is 40.0 Å². The van der Waals surface area contributed by atoms with Gasteiger partial charge in [0.2, 0.25) is 5.91 Å². The summed E-state index contributed by atoms with van der Waals surface area (Å²) >= 11 is 12.6. The number of nitrogens with zero attached hydrogens (tertiary/aromatic N) is 2. The van der Waals surface area contributed by atoms with Gasteiger partial charge in [0.1, 0.15) is 0 Å². The maximum absolute atomic E-state index is 11.9. The summed E-state index contributed by atoms with van der Waals surface area (Å²) in [7, 11) is 0. The highest BCUT2D eigenvalue weighted by molar-refractivity contribution is 6.35. The summed E-state index contributed by atoms with van der Waals surface area (Å²) < 4.78 is 0. The maximum atomic E-state index is 11.9. The number of piperazine rings is 1. The number of carbonyl (C=O) groups is 1. The van der Waals surface area contributed by atoms with Crippen molar-refractivity contribution in [2.75, 3.05) is 18.4 Å². The number of rotatable bonds is 6. The van der Waals surface area contributed by atoms with Crippen LogP contribution in [0.1, 0.15) is 70.4 Å². The third kappa shape index (κ3) is 7.22. The Bertz CT molecular complexity index is 1130. The molecule has 1 heterocycles. The molecule has 2 aromatic carbocycles. The fourth-order valence-electron chi connectivity index (χ4n) is 5.91. The molecule has 2 fully saturated rings. The van der Waals surface area contributed by atoms with Crippen molar-refractivity contribution in [3.05, 3.63) is 63.6 Å². The van der Waals surface area contributed by atoms with Gasteiger partial charge in [0.05, 0.1) is 6.04 Å². The van der Waals surface area contributed by atoms with E-state index in [-0.39, 0.29) is 18.2 Å². The van der Waals surface area contributed by atoms with Crippen molar-refractivity contribution in [3.63, 3.8) is 0 Å². The molecule has 0 radical (unpaired) electrons. The number of nitrogens with one attached hydrogen (secondary N) is 2. The van der Waals surface area contributed by atoms with Crippen LogP contribution in [0, 0.1) is 11.8 Å². The van der Waals surface area contributed by atoms with Gasteiger partial charge in [0.25, 0.3) is 0 Å². The van der Waals surface area contributed by atoms with E-state index in [1.54, 1.807) is 12.1 Å². The standard InChI is InChI=1S/C30H41Cl2N5O/c1-18-6-5-7-28(21(18)4)36-30(37-16-19(2)34-20(3)17-37)35-24-11-8-22(9-12-24)26(15-29(33)38)25-13-10-23(31)14-27(25)32/h8-14,18-21,26,28,34H,5-7,15-17H2,1-4H3,(H2,33,38)(H,35,36). The first-order valence-electron chi connectivity index (χ1n) is 13.8. The zero-order valence-corrected chi connectivity index (χ0v) is 24.4. The molecule has 206 valence electrons. The number of aliphatic imine (C=N–C) groups is 1. The molecule has 1 saturated heterocycles. The molecule has 1 aliphatic heterocycles. The minimum Gasteiger partial charge on any atom is -0.370 e. The number of benzene rings is 2. The van der Waals surface area contributed by atoms with Crippen molar-refractivity contribution in [1.29, 1.82) is 0 Å². The van der Waals surface area contributed by atoms with Gasteiger partial charge in [-0.25, -0.2) is 4.99 Å². The number of nitrogens with two attached hydrogens (primary N) is 1. The number of amides is 1. The van der Waals surface area contributed by atoms with Gasteiger partial charge in [-0.1, -0.05) is 68.1 Å². The normalized spacial score (nSPS) is 27.2. The molecule has 0 spiro atoms. The first-order chi connectivity index (χ1) is 18.1. The van der Waals surface area contributed by atoms with Crippen LogP contribution in [0.3, 0.4) is 0 Å². The molecule has 8 heteroatoms. The molecule has 38 heavy (non-hydrogen) atoms. The van der Waals surface area contributed by atoms with Gasteiger partial charge in [-0.15, -0.1) is 0 Å². The highest BCUT2D eigenvalue weighted by Gasteiger charge is 2.30. The van der Waals surface area contributed by atoms with Gasteiger partial charge in [0.15, 0.2) is 5.96 Å². The minimum absolute atomic E-state index is 0.162. The maximum Gasteiger partial charge on any atom is 0.218 e. The molecule has 1 saturated carbocycles. The molecule has 6 atom stereocenters. The molecule has 0 bridgehead atoms. The Kier molecular flexibility index (Phi) is 9.61. The predicted octanol–water partition coefficient (Wildman–Crippen LogP) is 6.28. The number of hydrogen-bond acceptors (Lipinski definition) is 3. The Hall–Kier alpha value is -2.28. The summed E-state index contributed by atoms with van der Waals surface area (Å²) in [5, 5.41) is 8.36. The molecule has 2 aliphatic rings. The summed E-state index contributed by atoms with van der Waals surface area (Å²) in [6, 6.07) is 14.6. The number of anilines is 1. The molecule has 0 aromatic heterocycles. The molecule has 4 rings (SSSR count). The van der Waals surface area contributed by atoms with E-state index in [1.165, 1.54) is 12.8 Å². The molecule has 1 amide bonds. The van der Waals surface area contributed by atoms with Crippen LogP contribution < -0.4 is 16.4 Å². The Labute approximate surface area is 237 Å². The van der Waals surface area contributed by atoms with E-state index in [2.05, 4.69) is 43.2 Å². The monoisotopic (exact) mass is 557 g/mol. The van der Waals surface area contributed by atoms with Crippen LogP contribution in [0.25, 0.3) is 0 Å². The first-order valence-corrected chi connectivity index (χ1v) is 14.5. The molecular formula is C30H41Cl2N5O. The van der Waals surface area contributed by atoms with Crippen molar-refractivity contribution in [3.8, 4) is 0 Å². The lowest BCUT2D eigenvalue weighted by atomic mass is 9.78. The summed E-state index contributed by atoms with van der Waals surface area (Å²) in [6.07, 6.45) is 3.80. The third-order valence-corrected chi connectivity index (χ3v) is 8.68. The highest BCUT2D eigenvalue weighted by Crippen LogP contribution is 2.35. The van der Waals surface area contributed by atoms with Gasteiger partial charge in [-0.2, -0.15) is 0 Å². The number of carbonyl (C=O) groups excluding carboxylic acids is 1. The van der Waals surface area contributed by atoms with Crippen LogP contribution in [0.4, 0.5) is 5.69 Å². The second-order valence-corrected chi connectivity index (χ2v) is 12.1. The van der Waals surface area contributed by atoms with Gasteiger partial charge >= 0.3 is 0 Å². The van der Waals surface area contributed by atoms with Crippen LogP contribution in [0.2, 0.25) is 10.0 Å². The number of hydrogen-bond donors (Lipinski definition) is 3. The third-order valence-electron chi connectivity index (χ3n) is 8.12. The predicted molar refractivity (Wildman–Crippen MR) is 159 cm³/mol. The fraction of sp³-hybridized carbons (Fsp3) is 0.533. The van der Waals surface area contributed by atoms with Crippen molar-refractivity contribution in [2.24, 2.45) is 22.6 Å². The molecule has 4 N–H and O–H groups in total. The average Bonchev–Trinajstić information content (AvgIpc) is 2.85. The highest BCUT2D eigenvalue weighted by atomic mass is 35.5. The van der Waals surface area contributed by atoms with Crippen molar-refractivity contribution in [1.82, 2.24) is 10.2 Å². The van der Waals surface area contributed by atoms with Gasteiger partial charge in [-0.3, -0.25) is 4.79 Å². The van der Waals surface area contributed by atoms with Crippen molar-refractivity contribution in [2.45, 2.75) is 77.4 Å². The quantitative estimate of drug-likeness (QED) is 0.288. The Morgan fingerprint density at radius 1 is 1.08 bits per heavy atom.